The summed E-state index contributed by atoms with van der Waals surface area (Å²) in [5, 5.41) is 0.630. The molecule has 2 aromatic heterocycles. The second kappa shape index (κ2) is 9.03. The molecule has 3 aromatic rings. The summed E-state index contributed by atoms with van der Waals surface area (Å²) in [5.41, 5.74) is 1.29. The number of aryl methyl sites for hydroxylation is 1. The van der Waals surface area contributed by atoms with Crippen molar-refractivity contribution in [3.63, 3.8) is 0 Å². The number of hydrogen-bond donors (Lipinski definition) is 1. The zero-order valence-corrected chi connectivity index (χ0v) is 20.6. The average molecular weight is 492 g/mol. The molecule has 0 saturated heterocycles. The van der Waals surface area contributed by atoms with Crippen molar-refractivity contribution in [1.82, 2.24) is 18.7 Å². The van der Waals surface area contributed by atoms with Crippen LogP contribution in [0.15, 0.2) is 47.8 Å². The Morgan fingerprint density at radius 3 is 2.52 bits per heavy atom. The molecule has 0 radical (unpaired) electrons. The molecule has 11 heteroatoms. The largest absolute Gasteiger partial charge is 0.356 e. The predicted octanol–water partition coefficient (Wildman–Crippen LogP) is 2.66. The molecule has 9 nitrogen and oxygen atoms in total. The van der Waals surface area contributed by atoms with Crippen molar-refractivity contribution >= 4 is 36.9 Å². The Labute approximate surface area is 195 Å². The topological polar surface area (TPSA) is 114 Å². The minimum atomic E-state index is -3.80. The van der Waals surface area contributed by atoms with Crippen LogP contribution in [0.3, 0.4) is 0 Å². The fourth-order valence-corrected chi connectivity index (χ4v) is 7.06. The number of aromatic nitrogens is 3. The van der Waals surface area contributed by atoms with Crippen molar-refractivity contribution < 1.29 is 16.8 Å². The SMILES string of the molecule is CCCS(=O)(=O)N[C@H]1CC[C@@H](N(C)c2ncnc3c2ccn3S(=O)(=O)c2ccc(C)cc2)C1. The van der Waals surface area contributed by atoms with E-state index in [9.17, 15) is 16.8 Å². The first kappa shape index (κ1) is 23.7. The molecule has 0 amide bonds. The second-order valence-corrected chi connectivity index (χ2v) is 12.3. The number of anilines is 1. The van der Waals surface area contributed by atoms with Crippen LogP contribution < -0.4 is 9.62 Å². The lowest BCUT2D eigenvalue weighted by Crippen LogP contribution is -2.37. The van der Waals surface area contributed by atoms with E-state index in [-0.39, 0.29) is 22.7 Å². The summed E-state index contributed by atoms with van der Waals surface area (Å²) in [5.74, 6) is 0.749. The number of sulfonamides is 1. The first-order valence-corrected chi connectivity index (χ1v) is 14.1. The van der Waals surface area contributed by atoms with Gasteiger partial charge in [-0.2, -0.15) is 0 Å². The monoisotopic (exact) mass is 491 g/mol. The van der Waals surface area contributed by atoms with E-state index in [4.69, 9.17) is 0 Å². The van der Waals surface area contributed by atoms with Crippen molar-refractivity contribution in [3.8, 4) is 0 Å². The van der Waals surface area contributed by atoms with Crippen LogP contribution in [0.5, 0.6) is 0 Å². The van der Waals surface area contributed by atoms with Gasteiger partial charge in [0.05, 0.1) is 16.0 Å². The Morgan fingerprint density at radius 1 is 1.09 bits per heavy atom. The first-order valence-electron chi connectivity index (χ1n) is 11.0. The third-order valence-electron chi connectivity index (χ3n) is 6.11. The third-order valence-corrected chi connectivity index (χ3v) is 9.43. The summed E-state index contributed by atoms with van der Waals surface area (Å²) in [6.45, 7) is 3.75. The molecule has 1 N–H and O–H groups in total. The van der Waals surface area contributed by atoms with Crippen LogP contribution in [0, 0.1) is 6.92 Å². The van der Waals surface area contributed by atoms with Crippen LogP contribution in [0.25, 0.3) is 11.0 Å². The lowest BCUT2D eigenvalue weighted by molar-refractivity contribution is 0.545. The average Bonchev–Trinajstić information content (AvgIpc) is 3.40. The lowest BCUT2D eigenvalue weighted by Gasteiger charge is -2.26. The first-order chi connectivity index (χ1) is 15.6. The third kappa shape index (κ3) is 4.75. The molecule has 2 heterocycles. The number of hydrogen-bond acceptors (Lipinski definition) is 7. The van der Waals surface area contributed by atoms with Gasteiger partial charge >= 0.3 is 0 Å². The van der Waals surface area contributed by atoms with E-state index in [0.717, 1.165) is 18.4 Å². The maximum Gasteiger partial charge on any atom is 0.269 e. The van der Waals surface area contributed by atoms with Crippen LogP contribution in [0.1, 0.15) is 38.2 Å². The molecule has 178 valence electrons. The van der Waals surface area contributed by atoms with Gasteiger partial charge in [0.1, 0.15) is 12.1 Å². The number of nitrogens with one attached hydrogen (secondary N) is 1. The molecule has 1 aromatic carbocycles. The van der Waals surface area contributed by atoms with Crippen LogP contribution in [0.4, 0.5) is 5.82 Å². The van der Waals surface area contributed by atoms with Crippen LogP contribution >= 0.6 is 0 Å². The van der Waals surface area contributed by atoms with E-state index in [2.05, 4.69) is 14.7 Å². The Balaban J connectivity index is 1.60. The molecule has 1 aliphatic rings. The smallest absolute Gasteiger partial charge is 0.269 e. The number of benzene rings is 1. The quantitative estimate of drug-likeness (QED) is 0.515. The van der Waals surface area contributed by atoms with Gasteiger partial charge in [0.25, 0.3) is 10.0 Å². The highest BCUT2D eigenvalue weighted by molar-refractivity contribution is 7.90. The number of nitrogens with zero attached hydrogens (tertiary/aromatic N) is 4. The summed E-state index contributed by atoms with van der Waals surface area (Å²) in [6.07, 6.45) is 5.66. The Hall–Kier alpha value is -2.50. The van der Waals surface area contributed by atoms with Gasteiger partial charge in [-0.25, -0.2) is 35.5 Å². The molecule has 0 unspecified atom stereocenters. The summed E-state index contributed by atoms with van der Waals surface area (Å²) in [4.78, 5) is 10.9. The maximum absolute atomic E-state index is 13.2. The highest BCUT2D eigenvalue weighted by atomic mass is 32.2. The van der Waals surface area contributed by atoms with Crippen molar-refractivity contribution in [3.05, 3.63) is 48.4 Å². The molecule has 1 fully saturated rings. The standard InChI is InChI=1S/C22H29N5O4S2/c1-4-13-32(28,29)25-17-7-8-18(14-17)26(3)21-20-11-12-27(22(20)24-15-23-21)33(30,31)19-9-5-16(2)6-10-19/h5-6,9-12,15,17-18,25H,4,7-8,13-14H2,1-3H3/t17-,18+/m0/s1. The minimum Gasteiger partial charge on any atom is -0.356 e. The molecule has 0 spiro atoms. The van der Waals surface area contributed by atoms with Crippen molar-refractivity contribution in [2.24, 2.45) is 0 Å². The molecule has 2 atom stereocenters. The van der Waals surface area contributed by atoms with Crippen LogP contribution in [-0.2, 0) is 20.0 Å². The highest BCUT2D eigenvalue weighted by Crippen LogP contribution is 2.32. The van der Waals surface area contributed by atoms with Gasteiger partial charge in [-0.1, -0.05) is 24.6 Å². The van der Waals surface area contributed by atoms with Crippen molar-refractivity contribution in [2.45, 2.75) is 56.5 Å². The summed E-state index contributed by atoms with van der Waals surface area (Å²) in [6, 6.07) is 8.37. The molecule has 0 bridgehead atoms. The van der Waals surface area contributed by atoms with Gasteiger partial charge in [-0.05, 0) is 50.8 Å². The van der Waals surface area contributed by atoms with Gasteiger partial charge in [0.2, 0.25) is 10.0 Å². The molecule has 4 rings (SSSR count). The zero-order chi connectivity index (χ0) is 23.8. The zero-order valence-electron chi connectivity index (χ0n) is 19.0. The van der Waals surface area contributed by atoms with Gasteiger partial charge in [-0.3, -0.25) is 0 Å². The Kier molecular flexibility index (Phi) is 6.47. The molecule has 1 saturated carbocycles. The Morgan fingerprint density at radius 2 is 1.82 bits per heavy atom. The van der Waals surface area contributed by atoms with E-state index in [0.29, 0.717) is 29.7 Å². The van der Waals surface area contributed by atoms with E-state index in [1.165, 1.54) is 16.5 Å². The Bertz CT molecular complexity index is 1350. The van der Waals surface area contributed by atoms with Crippen molar-refractivity contribution in [1.29, 1.82) is 0 Å². The summed E-state index contributed by atoms with van der Waals surface area (Å²) < 4.78 is 54.7. The maximum atomic E-state index is 13.2. The van der Waals surface area contributed by atoms with Gasteiger partial charge in [0.15, 0.2) is 5.65 Å². The molecule has 0 aliphatic heterocycles. The van der Waals surface area contributed by atoms with Gasteiger partial charge in [-0.15, -0.1) is 0 Å². The molecule has 1 aliphatic carbocycles. The number of fused-ring (bicyclic) bond motifs is 1. The van der Waals surface area contributed by atoms with E-state index in [1.54, 1.807) is 30.3 Å². The fraction of sp³-hybridized carbons (Fsp3) is 0.455. The predicted molar refractivity (Wildman–Crippen MR) is 128 cm³/mol. The van der Waals surface area contributed by atoms with Crippen molar-refractivity contribution in [2.75, 3.05) is 17.7 Å². The summed E-state index contributed by atoms with van der Waals surface area (Å²) >= 11 is 0. The van der Waals surface area contributed by atoms with Crippen LogP contribution in [-0.4, -0.2) is 55.7 Å². The van der Waals surface area contributed by atoms with E-state index in [1.807, 2.05) is 25.8 Å². The fourth-order valence-electron chi connectivity index (χ4n) is 4.38. The van der Waals surface area contributed by atoms with Gasteiger partial charge < -0.3 is 4.90 Å². The van der Waals surface area contributed by atoms with E-state index >= 15 is 0 Å². The number of rotatable bonds is 8. The normalized spacial score (nSPS) is 19.2. The molecular weight excluding hydrogens is 462 g/mol. The van der Waals surface area contributed by atoms with Crippen LogP contribution in [0.2, 0.25) is 0 Å². The summed E-state index contributed by atoms with van der Waals surface area (Å²) in [7, 11) is -5.17. The van der Waals surface area contributed by atoms with Gasteiger partial charge in [0, 0.05) is 25.3 Å². The second-order valence-electron chi connectivity index (χ2n) is 8.58. The van der Waals surface area contributed by atoms with E-state index < -0.39 is 20.0 Å². The minimum absolute atomic E-state index is 0.0782. The highest BCUT2D eigenvalue weighted by Gasteiger charge is 2.32. The molecule has 33 heavy (non-hydrogen) atoms. The molecular formula is C22H29N5O4S2. The lowest BCUT2D eigenvalue weighted by atomic mass is 10.2.